The Labute approximate surface area is 202 Å². The molecule has 33 heavy (non-hydrogen) atoms. The van der Waals surface area contributed by atoms with Gasteiger partial charge in [-0.2, -0.15) is 0 Å². The number of nitrogens with one attached hydrogen (secondary N) is 1. The van der Waals surface area contributed by atoms with Gasteiger partial charge in [-0.3, -0.25) is 5.32 Å². The van der Waals surface area contributed by atoms with Gasteiger partial charge < -0.3 is 4.74 Å². The van der Waals surface area contributed by atoms with E-state index in [0.717, 1.165) is 30.9 Å². The van der Waals surface area contributed by atoms with Gasteiger partial charge in [-0.25, -0.2) is 4.79 Å². The molecule has 0 aliphatic heterocycles. The van der Waals surface area contributed by atoms with Gasteiger partial charge in [-0.1, -0.05) is 69.2 Å². The van der Waals surface area contributed by atoms with Gasteiger partial charge in [0, 0.05) is 5.69 Å². The molecule has 182 valence electrons. The van der Waals surface area contributed by atoms with E-state index in [-0.39, 0.29) is 12.2 Å². The topological polar surface area (TPSA) is 38.3 Å². The second kappa shape index (κ2) is 10.9. The highest BCUT2D eigenvalue weighted by atomic mass is 16.6. The molecule has 1 N–H and O–H groups in total. The van der Waals surface area contributed by atoms with Crippen molar-refractivity contribution >= 4 is 11.8 Å². The third kappa shape index (κ3) is 6.52. The largest absolute Gasteiger partial charge is 0.446 e. The molecular formula is C30H45NO2. The van der Waals surface area contributed by atoms with E-state index in [1.54, 1.807) is 0 Å². The van der Waals surface area contributed by atoms with Crippen LogP contribution in [-0.4, -0.2) is 12.2 Å². The van der Waals surface area contributed by atoms with Crippen LogP contribution >= 0.6 is 0 Å². The lowest BCUT2D eigenvalue weighted by Gasteiger charge is -2.58. The predicted octanol–water partition coefficient (Wildman–Crippen LogP) is 8.93. The number of carbonyl (C=O) groups excluding carboxylic acids is 1. The molecule has 3 nitrogen and oxygen atoms in total. The number of rotatable bonds is 8. The van der Waals surface area contributed by atoms with Gasteiger partial charge in [0.1, 0.15) is 6.10 Å². The Balaban J connectivity index is 1.45. The summed E-state index contributed by atoms with van der Waals surface area (Å²) in [6, 6.07) is 9.42. The monoisotopic (exact) mass is 451 g/mol. The van der Waals surface area contributed by atoms with Crippen molar-refractivity contribution in [3.05, 3.63) is 54.1 Å². The molecule has 2 fully saturated rings. The predicted molar refractivity (Wildman–Crippen MR) is 139 cm³/mol. The summed E-state index contributed by atoms with van der Waals surface area (Å²) in [6.07, 6.45) is 12.6. The molecule has 0 bridgehead atoms. The van der Waals surface area contributed by atoms with Crippen molar-refractivity contribution in [2.75, 3.05) is 5.32 Å². The number of amides is 1. The van der Waals surface area contributed by atoms with Gasteiger partial charge in [0.2, 0.25) is 0 Å². The molecule has 4 atom stereocenters. The molecule has 1 aromatic rings. The van der Waals surface area contributed by atoms with E-state index < -0.39 is 0 Å². The van der Waals surface area contributed by atoms with Crippen molar-refractivity contribution in [1.82, 2.24) is 0 Å². The normalized spacial score (nSPS) is 28.0. The van der Waals surface area contributed by atoms with Crippen LogP contribution in [-0.2, 0) is 4.74 Å². The third-order valence-electron chi connectivity index (χ3n) is 8.54. The summed E-state index contributed by atoms with van der Waals surface area (Å²) in [6.45, 7) is 16.3. The quantitative estimate of drug-likeness (QED) is 0.401. The Morgan fingerprint density at radius 1 is 1.24 bits per heavy atom. The standard InChI is InChI=1S/C30H45NO2/c1-22(12-10-13-24(3)33-28(32)31-25-14-8-7-9-15-25)16-18-26-23(2)17-19-27-29(4,5)20-11-21-30(26,27)6/h7-9,12,14-15,24,26-27H,2,10-11,13,16-21H2,1,3-6H3,(H,31,32)/b22-12+/t24-,26-,27+,30-/m1/s1. The smallest absolute Gasteiger partial charge is 0.411 e. The van der Waals surface area contributed by atoms with Crippen LogP contribution in [0.4, 0.5) is 10.5 Å². The second-order valence-electron chi connectivity index (χ2n) is 11.5. The maximum Gasteiger partial charge on any atom is 0.411 e. The summed E-state index contributed by atoms with van der Waals surface area (Å²) in [5.41, 5.74) is 4.56. The number of ether oxygens (including phenoxy) is 1. The summed E-state index contributed by atoms with van der Waals surface area (Å²) in [4.78, 5) is 12.1. The Bertz CT molecular complexity index is 840. The highest BCUT2D eigenvalue weighted by molar-refractivity contribution is 5.84. The Kier molecular flexibility index (Phi) is 8.48. The molecule has 2 saturated carbocycles. The highest BCUT2D eigenvalue weighted by Crippen LogP contribution is 2.61. The minimum absolute atomic E-state index is 0.111. The van der Waals surface area contributed by atoms with Crippen LogP contribution in [0, 0.1) is 22.7 Å². The van der Waals surface area contributed by atoms with Crippen LogP contribution in [0.1, 0.15) is 92.4 Å². The zero-order valence-electron chi connectivity index (χ0n) is 21.6. The van der Waals surface area contributed by atoms with Crippen LogP contribution in [0.5, 0.6) is 0 Å². The van der Waals surface area contributed by atoms with E-state index in [9.17, 15) is 4.79 Å². The summed E-state index contributed by atoms with van der Waals surface area (Å²) in [7, 11) is 0. The molecule has 2 aliphatic rings. The number of benzene rings is 1. The summed E-state index contributed by atoms with van der Waals surface area (Å²) in [5, 5.41) is 2.78. The Hall–Kier alpha value is -2.03. The minimum atomic E-state index is -0.386. The zero-order valence-corrected chi connectivity index (χ0v) is 21.6. The number of hydrogen-bond donors (Lipinski definition) is 1. The molecule has 0 aromatic heterocycles. The minimum Gasteiger partial charge on any atom is -0.446 e. The third-order valence-corrected chi connectivity index (χ3v) is 8.54. The van der Waals surface area contributed by atoms with Crippen molar-refractivity contribution in [3.8, 4) is 0 Å². The van der Waals surface area contributed by atoms with Gasteiger partial charge >= 0.3 is 6.09 Å². The Morgan fingerprint density at radius 3 is 2.70 bits per heavy atom. The molecule has 0 saturated heterocycles. The second-order valence-corrected chi connectivity index (χ2v) is 11.5. The van der Waals surface area contributed by atoms with Crippen molar-refractivity contribution in [2.45, 2.75) is 98.5 Å². The molecule has 2 aliphatic carbocycles. The van der Waals surface area contributed by atoms with E-state index >= 15 is 0 Å². The lowest BCUT2D eigenvalue weighted by molar-refractivity contribution is -0.0539. The number of carbonyl (C=O) groups is 1. The number of allylic oxidation sites excluding steroid dienone is 3. The average Bonchev–Trinajstić information content (AvgIpc) is 2.73. The van der Waals surface area contributed by atoms with Gasteiger partial charge in [0.05, 0.1) is 0 Å². The van der Waals surface area contributed by atoms with Crippen LogP contribution in [0.2, 0.25) is 0 Å². The fraction of sp³-hybridized carbons (Fsp3) is 0.633. The number of anilines is 1. The first-order valence-corrected chi connectivity index (χ1v) is 13.0. The van der Waals surface area contributed by atoms with E-state index in [2.05, 4.69) is 45.7 Å². The molecule has 1 amide bonds. The van der Waals surface area contributed by atoms with Crippen molar-refractivity contribution < 1.29 is 9.53 Å². The molecular weight excluding hydrogens is 406 g/mol. The first kappa shape index (κ1) is 25.6. The lowest BCUT2D eigenvalue weighted by Crippen LogP contribution is -2.49. The molecule has 0 unspecified atom stereocenters. The van der Waals surface area contributed by atoms with E-state index in [1.807, 2.05) is 37.3 Å². The maximum atomic E-state index is 12.1. The van der Waals surface area contributed by atoms with Crippen LogP contribution in [0.15, 0.2) is 54.1 Å². The molecule has 0 radical (unpaired) electrons. The molecule has 0 heterocycles. The Morgan fingerprint density at radius 2 is 1.97 bits per heavy atom. The van der Waals surface area contributed by atoms with Gasteiger partial charge in [-0.05, 0) is 100 Å². The van der Waals surface area contributed by atoms with E-state index in [1.165, 1.54) is 49.7 Å². The van der Waals surface area contributed by atoms with Crippen LogP contribution in [0.25, 0.3) is 0 Å². The summed E-state index contributed by atoms with van der Waals surface area (Å²) < 4.78 is 5.51. The van der Waals surface area contributed by atoms with Crippen molar-refractivity contribution in [2.24, 2.45) is 22.7 Å². The summed E-state index contributed by atoms with van der Waals surface area (Å²) >= 11 is 0. The van der Waals surface area contributed by atoms with Gasteiger partial charge in [-0.15, -0.1) is 0 Å². The fourth-order valence-electron chi connectivity index (χ4n) is 6.76. The van der Waals surface area contributed by atoms with E-state index in [4.69, 9.17) is 4.74 Å². The number of para-hydroxylation sites is 1. The zero-order chi connectivity index (χ0) is 24.1. The first-order chi connectivity index (χ1) is 15.6. The number of fused-ring (bicyclic) bond motifs is 1. The van der Waals surface area contributed by atoms with Crippen LogP contribution in [0.3, 0.4) is 0 Å². The molecule has 0 spiro atoms. The van der Waals surface area contributed by atoms with Crippen molar-refractivity contribution in [1.29, 1.82) is 0 Å². The number of hydrogen-bond acceptors (Lipinski definition) is 2. The van der Waals surface area contributed by atoms with Crippen LogP contribution < -0.4 is 5.32 Å². The SMILES string of the molecule is C=C1CC[C@H]2C(C)(C)CCC[C@]2(C)[C@@H]1CC/C(C)=C/CC[C@@H](C)OC(=O)Nc1ccccc1. The van der Waals surface area contributed by atoms with Crippen molar-refractivity contribution in [3.63, 3.8) is 0 Å². The average molecular weight is 452 g/mol. The molecule has 3 rings (SSSR count). The highest BCUT2D eigenvalue weighted by Gasteiger charge is 2.52. The van der Waals surface area contributed by atoms with Gasteiger partial charge in [0.15, 0.2) is 0 Å². The molecule has 3 heteroatoms. The fourth-order valence-corrected chi connectivity index (χ4v) is 6.76. The van der Waals surface area contributed by atoms with Gasteiger partial charge in [0.25, 0.3) is 0 Å². The maximum absolute atomic E-state index is 12.1. The van der Waals surface area contributed by atoms with E-state index in [0.29, 0.717) is 16.7 Å². The molecule has 1 aromatic carbocycles. The summed E-state index contributed by atoms with van der Waals surface area (Å²) in [5.74, 6) is 1.46. The first-order valence-electron chi connectivity index (χ1n) is 13.0. The lowest BCUT2D eigenvalue weighted by atomic mass is 9.47.